The molecule has 6 nitrogen and oxygen atoms in total. The van der Waals surface area contributed by atoms with E-state index in [1.54, 1.807) is 6.92 Å². The molecule has 2 heterocycles. The SMILES string of the molecule is COc1c([C@@H]2[C@H](C)[C@@H](C)O[C@H]2C(=O)Nc2cnc(CO)c(F)c2)ccc(F)c1F. The van der Waals surface area contributed by atoms with E-state index in [2.05, 4.69) is 10.3 Å². The fraction of sp³-hybridized carbons (Fsp3) is 0.400. The summed E-state index contributed by atoms with van der Waals surface area (Å²) in [4.78, 5) is 16.6. The third kappa shape index (κ3) is 3.92. The molecule has 1 aliphatic rings. The minimum absolute atomic E-state index is 0.0801. The van der Waals surface area contributed by atoms with Gasteiger partial charge in [-0.2, -0.15) is 4.39 Å². The van der Waals surface area contributed by atoms with Gasteiger partial charge in [0.05, 0.1) is 31.7 Å². The molecule has 1 fully saturated rings. The lowest BCUT2D eigenvalue weighted by Crippen LogP contribution is -2.33. The Hall–Kier alpha value is -2.65. The van der Waals surface area contributed by atoms with Crippen LogP contribution >= 0.6 is 0 Å². The van der Waals surface area contributed by atoms with E-state index in [0.717, 1.165) is 12.1 Å². The van der Waals surface area contributed by atoms with Gasteiger partial charge in [0.1, 0.15) is 17.6 Å². The molecule has 1 aliphatic heterocycles. The van der Waals surface area contributed by atoms with E-state index in [0.29, 0.717) is 5.56 Å². The number of carbonyl (C=O) groups excluding carboxylic acids is 1. The second-order valence-electron chi connectivity index (χ2n) is 6.93. The molecule has 29 heavy (non-hydrogen) atoms. The molecule has 1 aromatic carbocycles. The van der Waals surface area contributed by atoms with Crippen molar-refractivity contribution in [3.05, 3.63) is 53.1 Å². The molecule has 9 heteroatoms. The van der Waals surface area contributed by atoms with Crippen molar-refractivity contribution in [2.45, 2.75) is 38.6 Å². The zero-order chi connectivity index (χ0) is 21.3. The molecule has 0 aliphatic carbocycles. The van der Waals surface area contributed by atoms with Crippen molar-refractivity contribution < 1.29 is 32.5 Å². The van der Waals surface area contributed by atoms with Crippen LogP contribution in [0.1, 0.15) is 31.0 Å². The summed E-state index contributed by atoms with van der Waals surface area (Å²) >= 11 is 0. The van der Waals surface area contributed by atoms with E-state index >= 15 is 0 Å². The average molecular weight is 410 g/mol. The molecule has 0 bridgehead atoms. The normalized spacial score (nSPS) is 23.8. The highest BCUT2D eigenvalue weighted by Crippen LogP contribution is 2.44. The van der Waals surface area contributed by atoms with E-state index in [1.807, 2.05) is 6.92 Å². The Morgan fingerprint density at radius 3 is 2.62 bits per heavy atom. The summed E-state index contributed by atoms with van der Waals surface area (Å²) in [6, 6.07) is 3.38. The highest BCUT2D eigenvalue weighted by atomic mass is 19.2. The monoisotopic (exact) mass is 410 g/mol. The number of nitrogens with one attached hydrogen (secondary N) is 1. The van der Waals surface area contributed by atoms with Gasteiger partial charge >= 0.3 is 0 Å². The first-order valence-corrected chi connectivity index (χ1v) is 9.02. The number of anilines is 1. The van der Waals surface area contributed by atoms with Crippen molar-refractivity contribution in [3.8, 4) is 5.75 Å². The van der Waals surface area contributed by atoms with Crippen LogP contribution in [0.25, 0.3) is 0 Å². The smallest absolute Gasteiger partial charge is 0.254 e. The Labute approximate surface area is 165 Å². The molecule has 4 atom stereocenters. The first-order valence-electron chi connectivity index (χ1n) is 9.02. The van der Waals surface area contributed by atoms with E-state index in [1.165, 1.54) is 19.4 Å². The third-order valence-electron chi connectivity index (χ3n) is 5.23. The Balaban J connectivity index is 1.93. The number of nitrogens with zero attached hydrogens (tertiary/aromatic N) is 1. The first-order chi connectivity index (χ1) is 13.8. The fourth-order valence-electron chi connectivity index (χ4n) is 3.56. The Morgan fingerprint density at radius 2 is 2.00 bits per heavy atom. The van der Waals surface area contributed by atoms with Crippen LogP contribution in [0.2, 0.25) is 0 Å². The van der Waals surface area contributed by atoms with Crippen molar-refractivity contribution in [1.82, 2.24) is 4.98 Å². The van der Waals surface area contributed by atoms with E-state index in [-0.39, 0.29) is 29.2 Å². The number of hydrogen-bond donors (Lipinski definition) is 2. The van der Waals surface area contributed by atoms with Gasteiger partial charge in [0.15, 0.2) is 11.6 Å². The molecule has 1 amide bonds. The van der Waals surface area contributed by atoms with Gasteiger partial charge in [-0.15, -0.1) is 0 Å². The molecule has 2 aromatic rings. The van der Waals surface area contributed by atoms with Crippen LogP contribution < -0.4 is 10.1 Å². The van der Waals surface area contributed by atoms with E-state index in [9.17, 15) is 18.0 Å². The predicted octanol–water partition coefficient (Wildman–Crippen LogP) is 3.15. The lowest BCUT2D eigenvalue weighted by molar-refractivity contribution is -0.127. The number of halogens is 3. The summed E-state index contributed by atoms with van der Waals surface area (Å²) in [7, 11) is 1.22. The van der Waals surface area contributed by atoms with Gasteiger partial charge in [-0.1, -0.05) is 13.0 Å². The molecule has 1 aromatic heterocycles. The Kier molecular flexibility index (Phi) is 6.09. The highest BCUT2D eigenvalue weighted by Gasteiger charge is 2.46. The molecule has 0 unspecified atom stereocenters. The van der Waals surface area contributed by atoms with E-state index in [4.69, 9.17) is 14.6 Å². The number of methoxy groups -OCH3 is 1. The molecule has 156 valence electrons. The summed E-state index contributed by atoms with van der Waals surface area (Å²) < 4.78 is 52.5. The lowest BCUT2D eigenvalue weighted by atomic mass is 9.82. The van der Waals surface area contributed by atoms with Crippen molar-refractivity contribution in [1.29, 1.82) is 0 Å². The molecule has 1 saturated heterocycles. The number of aromatic nitrogens is 1. The summed E-state index contributed by atoms with van der Waals surface area (Å²) in [6.07, 6.45) is -0.180. The lowest BCUT2D eigenvalue weighted by Gasteiger charge is -2.23. The maximum Gasteiger partial charge on any atom is 0.254 e. The zero-order valence-corrected chi connectivity index (χ0v) is 16.1. The zero-order valence-electron chi connectivity index (χ0n) is 16.1. The number of amides is 1. The second kappa shape index (κ2) is 8.38. The van der Waals surface area contributed by atoms with Crippen molar-refractivity contribution in [2.24, 2.45) is 5.92 Å². The predicted molar refractivity (Wildman–Crippen MR) is 97.9 cm³/mol. The minimum atomic E-state index is -1.14. The van der Waals surface area contributed by atoms with Crippen LogP contribution in [-0.2, 0) is 16.1 Å². The van der Waals surface area contributed by atoms with Crippen molar-refractivity contribution in [3.63, 3.8) is 0 Å². The van der Waals surface area contributed by atoms with Crippen LogP contribution in [0.15, 0.2) is 24.4 Å². The minimum Gasteiger partial charge on any atom is -0.493 e. The van der Waals surface area contributed by atoms with Crippen LogP contribution in [0.3, 0.4) is 0 Å². The van der Waals surface area contributed by atoms with Crippen LogP contribution in [0.5, 0.6) is 5.75 Å². The number of pyridine rings is 1. The quantitative estimate of drug-likeness (QED) is 0.792. The molecule has 0 saturated carbocycles. The number of aliphatic hydroxyl groups excluding tert-OH is 1. The van der Waals surface area contributed by atoms with Gasteiger partial charge in [0.2, 0.25) is 5.82 Å². The summed E-state index contributed by atoms with van der Waals surface area (Å²) in [5.41, 5.74) is 0.242. The summed E-state index contributed by atoms with van der Waals surface area (Å²) in [5, 5.41) is 11.5. The molecular formula is C20H21F3N2O4. The number of hydrogen-bond acceptors (Lipinski definition) is 5. The molecular weight excluding hydrogens is 389 g/mol. The topological polar surface area (TPSA) is 80.7 Å². The average Bonchev–Trinajstić information content (AvgIpc) is 2.99. The number of rotatable bonds is 5. The standard InChI is InChI=1S/C20H21F3N2O4/c1-9-10(2)29-19(16(9)12-4-5-13(21)17(23)18(12)28-3)20(27)25-11-6-14(22)15(8-26)24-7-11/h4-7,9-10,16,19,26H,8H2,1-3H3,(H,25,27)/t9-,10-,16+,19-/m1/s1. The summed E-state index contributed by atoms with van der Waals surface area (Å²) in [6.45, 7) is 3.04. The van der Waals surface area contributed by atoms with Gasteiger partial charge in [0, 0.05) is 17.5 Å². The largest absolute Gasteiger partial charge is 0.493 e. The maximum atomic E-state index is 14.2. The maximum absolute atomic E-state index is 14.2. The summed E-state index contributed by atoms with van der Waals surface area (Å²) in [5.74, 6) is -4.66. The molecule has 3 rings (SSSR count). The van der Waals surface area contributed by atoms with E-state index < -0.39 is 42.0 Å². The number of aliphatic hydroxyl groups is 1. The van der Waals surface area contributed by atoms with Gasteiger partial charge < -0.3 is 19.9 Å². The Morgan fingerprint density at radius 1 is 1.28 bits per heavy atom. The molecule has 2 N–H and O–H groups in total. The molecule has 0 radical (unpaired) electrons. The van der Waals surface area contributed by atoms with Crippen LogP contribution in [0.4, 0.5) is 18.9 Å². The second-order valence-corrected chi connectivity index (χ2v) is 6.93. The van der Waals surface area contributed by atoms with Gasteiger partial charge in [-0.05, 0) is 18.9 Å². The highest BCUT2D eigenvalue weighted by molar-refractivity contribution is 5.95. The van der Waals surface area contributed by atoms with Gasteiger partial charge in [-0.3, -0.25) is 9.78 Å². The first kappa shape index (κ1) is 21.1. The third-order valence-corrected chi connectivity index (χ3v) is 5.23. The van der Waals surface area contributed by atoms with Crippen LogP contribution in [0, 0.1) is 23.4 Å². The number of benzene rings is 1. The Bertz CT molecular complexity index is 925. The van der Waals surface area contributed by atoms with Crippen molar-refractivity contribution in [2.75, 3.05) is 12.4 Å². The van der Waals surface area contributed by atoms with Gasteiger partial charge in [-0.25, -0.2) is 8.78 Å². The number of carbonyl (C=O) groups is 1. The number of ether oxygens (including phenoxy) is 2. The van der Waals surface area contributed by atoms with Crippen molar-refractivity contribution >= 4 is 11.6 Å². The fourth-order valence-corrected chi connectivity index (χ4v) is 3.56. The molecule has 0 spiro atoms. The van der Waals surface area contributed by atoms with Gasteiger partial charge in [0.25, 0.3) is 5.91 Å². The van der Waals surface area contributed by atoms with Crippen LogP contribution in [-0.4, -0.2) is 35.3 Å².